The van der Waals surface area contributed by atoms with Gasteiger partial charge in [0.25, 0.3) is 5.91 Å². The molecule has 0 aliphatic carbocycles. The number of hydrogen-bond acceptors (Lipinski definition) is 4. The molecule has 0 radical (unpaired) electrons. The zero-order valence-corrected chi connectivity index (χ0v) is 10.8. The van der Waals surface area contributed by atoms with Crippen LogP contribution >= 0.6 is 0 Å². The van der Waals surface area contributed by atoms with Crippen molar-refractivity contribution in [3.05, 3.63) is 35.4 Å². The molecule has 1 aromatic rings. The molecule has 0 spiro atoms. The van der Waals surface area contributed by atoms with E-state index in [0.29, 0.717) is 11.1 Å². The van der Waals surface area contributed by atoms with Crippen LogP contribution in [0, 0.1) is 0 Å². The Morgan fingerprint density at radius 1 is 1.32 bits per heavy atom. The number of carbonyl (C=O) groups is 2. The Hall–Kier alpha value is -2.57. The van der Waals surface area contributed by atoms with E-state index in [0.717, 1.165) is 0 Å². The van der Waals surface area contributed by atoms with Crippen molar-refractivity contribution in [3.63, 3.8) is 0 Å². The highest BCUT2D eigenvalue weighted by molar-refractivity contribution is 6.00. The van der Waals surface area contributed by atoms with E-state index in [2.05, 4.69) is 10.5 Å². The first kappa shape index (κ1) is 14.5. The summed E-state index contributed by atoms with van der Waals surface area (Å²) in [5.41, 5.74) is 6.34. The number of likely N-dealkylation sites (N-methyl/N-ethyl adjacent to an activating group) is 2. The van der Waals surface area contributed by atoms with Crippen LogP contribution in [-0.2, 0) is 4.79 Å². The standard InChI is InChI=1S/C12H16N4O3/c1-14-10(17)7-16(2)12(18)9-5-3-8(4-6-9)11(13)15-19/h3-6,19H,7H2,1-2H3,(H2,13,15)(H,14,17). The summed E-state index contributed by atoms with van der Waals surface area (Å²) in [4.78, 5) is 24.5. The lowest BCUT2D eigenvalue weighted by molar-refractivity contribution is -0.121. The van der Waals surface area contributed by atoms with Gasteiger partial charge in [0.05, 0.1) is 6.54 Å². The van der Waals surface area contributed by atoms with Crippen molar-refractivity contribution >= 4 is 17.6 Å². The van der Waals surface area contributed by atoms with Gasteiger partial charge < -0.3 is 21.2 Å². The fourth-order valence-electron chi connectivity index (χ4n) is 1.43. The van der Waals surface area contributed by atoms with E-state index in [4.69, 9.17) is 10.9 Å². The number of amides is 2. The van der Waals surface area contributed by atoms with Gasteiger partial charge in [-0.3, -0.25) is 9.59 Å². The van der Waals surface area contributed by atoms with Gasteiger partial charge in [-0.2, -0.15) is 0 Å². The second-order valence-electron chi connectivity index (χ2n) is 3.90. The van der Waals surface area contributed by atoms with Gasteiger partial charge in [0.2, 0.25) is 5.91 Å². The highest BCUT2D eigenvalue weighted by Gasteiger charge is 2.14. The maximum absolute atomic E-state index is 12.0. The number of amidine groups is 1. The number of carbonyl (C=O) groups excluding carboxylic acids is 2. The van der Waals surface area contributed by atoms with Crippen LogP contribution in [-0.4, -0.2) is 48.4 Å². The number of nitrogens with one attached hydrogen (secondary N) is 1. The molecular weight excluding hydrogens is 248 g/mol. The van der Waals surface area contributed by atoms with Gasteiger partial charge in [0, 0.05) is 25.2 Å². The minimum atomic E-state index is -0.283. The van der Waals surface area contributed by atoms with Crippen LogP contribution in [0.1, 0.15) is 15.9 Å². The van der Waals surface area contributed by atoms with Crippen molar-refractivity contribution in [3.8, 4) is 0 Å². The second kappa shape index (κ2) is 6.39. The molecule has 4 N–H and O–H groups in total. The maximum atomic E-state index is 12.0. The Morgan fingerprint density at radius 3 is 2.32 bits per heavy atom. The van der Waals surface area contributed by atoms with Gasteiger partial charge in [0.15, 0.2) is 5.84 Å². The zero-order valence-electron chi connectivity index (χ0n) is 10.8. The third-order valence-corrected chi connectivity index (χ3v) is 2.54. The number of nitrogens with zero attached hydrogens (tertiary/aromatic N) is 2. The van der Waals surface area contributed by atoms with Crippen molar-refractivity contribution in [1.82, 2.24) is 10.2 Å². The largest absolute Gasteiger partial charge is 0.409 e. The van der Waals surface area contributed by atoms with E-state index in [-0.39, 0.29) is 24.2 Å². The Balaban J connectivity index is 2.80. The molecule has 0 bridgehead atoms. The molecule has 19 heavy (non-hydrogen) atoms. The van der Waals surface area contributed by atoms with Crippen LogP contribution in [0.4, 0.5) is 0 Å². The minimum absolute atomic E-state index is 0.0165. The van der Waals surface area contributed by atoms with Crippen LogP contribution in [0.2, 0.25) is 0 Å². The minimum Gasteiger partial charge on any atom is -0.409 e. The van der Waals surface area contributed by atoms with Crippen LogP contribution < -0.4 is 11.1 Å². The lowest BCUT2D eigenvalue weighted by atomic mass is 10.1. The number of hydrogen-bond donors (Lipinski definition) is 3. The van der Waals surface area contributed by atoms with Gasteiger partial charge >= 0.3 is 0 Å². The summed E-state index contributed by atoms with van der Waals surface area (Å²) in [6.45, 7) is -0.0165. The van der Waals surface area contributed by atoms with Gasteiger partial charge in [-0.25, -0.2) is 0 Å². The molecule has 7 nitrogen and oxygen atoms in total. The average Bonchev–Trinajstić information content (AvgIpc) is 2.45. The topological polar surface area (TPSA) is 108 Å². The van der Waals surface area contributed by atoms with Crippen LogP contribution in [0.3, 0.4) is 0 Å². The lowest BCUT2D eigenvalue weighted by Crippen LogP contribution is -2.36. The van der Waals surface area contributed by atoms with Crippen molar-refractivity contribution in [2.45, 2.75) is 0 Å². The zero-order chi connectivity index (χ0) is 14.4. The number of benzene rings is 1. The third kappa shape index (κ3) is 3.70. The summed E-state index contributed by atoms with van der Waals surface area (Å²) in [7, 11) is 3.04. The van der Waals surface area contributed by atoms with E-state index in [1.165, 1.54) is 19.0 Å². The molecule has 0 aliphatic heterocycles. The summed E-state index contributed by atoms with van der Waals surface area (Å²) in [5.74, 6) is -0.559. The Labute approximate surface area is 110 Å². The molecule has 0 aliphatic rings. The summed E-state index contributed by atoms with van der Waals surface area (Å²) < 4.78 is 0. The van der Waals surface area contributed by atoms with E-state index in [1.54, 1.807) is 24.3 Å². The molecule has 2 amide bonds. The Kier molecular flexibility index (Phi) is 4.87. The van der Waals surface area contributed by atoms with E-state index in [9.17, 15) is 9.59 Å². The molecular formula is C12H16N4O3. The van der Waals surface area contributed by atoms with Gasteiger partial charge in [-0.1, -0.05) is 17.3 Å². The van der Waals surface area contributed by atoms with E-state index >= 15 is 0 Å². The summed E-state index contributed by atoms with van der Waals surface area (Å²) >= 11 is 0. The fraction of sp³-hybridized carbons (Fsp3) is 0.250. The van der Waals surface area contributed by atoms with Gasteiger partial charge in [-0.15, -0.1) is 0 Å². The third-order valence-electron chi connectivity index (χ3n) is 2.54. The van der Waals surface area contributed by atoms with E-state index in [1.807, 2.05) is 0 Å². The van der Waals surface area contributed by atoms with Gasteiger partial charge in [-0.05, 0) is 12.1 Å². The number of oxime groups is 1. The first-order valence-corrected chi connectivity index (χ1v) is 5.53. The number of rotatable bonds is 4. The van der Waals surface area contributed by atoms with Crippen LogP contribution in [0.5, 0.6) is 0 Å². The molecule has 0 aromatic heterocycles. The first-order chi connectivity index (χ1) is 8.99. The van der Waals surface area contributed by atoms with Gasteiger partial charge in [0.1, 0.15) is 0 Å². The molecule has 0 unspecified atom stereocenters. The molecule has 0 saturated carbocycles. The maximum Gasteiger partial charge on any atom is 0.254 e. The molecule has 0 heterocycles. The van der Waals surface area contributed by atoms with Crippen molar-refractivity contribution < 1.29 is 14.8 Å². The SMILES string of the molecule is CNC(=O)CN(C)C(=O)c1ccc(/C(N)=N/O)cc1. The highest BCUT2D eigenvalue weighted by Crippen LogP contribution is 2.07. The molecule has 1 rings (SSSR count). The molecule has 0 saturated heterocycles. The second-order valence-corrected chi connectivity index (χ2v) is 3.90. The summed E-state index contributed by atoms with van der Waals surface area (Å²) in [6.07, 6.45) is 0. The molecule has 7 heteroatoms. The summed E-state index contributed by atoms with van der Waals surface area (Å²) in [6, 6.07) is 6.23. The van der Waals surface area contributed by atoms with Crippen LogP contribution in [0.25, 0.3) is 0 Å². The lowest BCUT2D eigenvalue weighted by Gasteiger charge is -2.16. The molecule has 0 fully saturated rings. The fourth-order valence-corrected chi connectivity index (χ4v) is 1.43. The highest BCUT2D eigenvalue weighted by atomic mass is 16.4. The number of nitrogens with two attached hydrogens (primary N) is 1. The predicted molar refractivity (Wildman–Crippen MR) is 70.0 cm³/mol. The summed E-state index contributed by atoms with van der Waals surface area (Å²) in [5, 5.41) is 13.8. The molecule has 0 atom stereocenters. The Morgan fingerprint density at radius 2 is 1.84 bits per heavy atom. The van der Waals surface area contributed by atoms with Crippen LogP contribution in [0.15, 0.2) is 29.4 Å². The van der Waals surface area contributed by atoms with E-state index < -0.39 is 0 Å². The Bertz CT molecular complexity index is 496. The average molecular weight is 264 g/mol. The smallest absolute Gasteiger partial charge is 0.254 e. The normalized spacial score (nSPS) is 10.9. The molecule has 102 valence electrons. The predicted octanol–water partition coefficient (Wildman–Crippen LogP) is -0.401. The monoisotopic (exact) mass is 264 g/mol. The first-order valence-electron chi connectivity index (χ1n) is 5.53. The van der Waals surface area contributed by atoms with Crippen molar-refractivity contribution in [1.29, 1.82) is 0 Å². The van der Waals surface area contributed by atoms with Crippen molar-refractivity contribution in [2.75, 3.05) is 20.6 Å². The van der Waals surface area contributed by atoms with Crippen molar-refractivity contribution in [2.24, 2.45) is 10.9 Å². The quantitative estimate of drug-likeness (QED) is 0.297. The molecule has 1 aromatic carbocycles.